The van der Waals surface area contributed by atoms with Gasteiger partial charge >= 0.3 is 0 Å². The molecule has 0 spiro atoms. The first-order chi connectivity index (χ1) is 10.3. The van der Waals surface area contributed by atoms with Gasteiger partial charge in [-0.05, 0) is 60.5 Å². The molecule has 1 fully saturated rings. The highest BCUT2D eigenvalue weighted by atomic mass is 16.6. The Bertz CT molecular complexity index is 671. The zero-order valence-corrected chi connectivity index (χ0v) is 12.4. The Labute approximate surface area is 125 Å². The zero-order valence-electron chi connectivity index (χ0n) is 12.4. The van der Waals surface area contributed by atoms with E-state index >= 15 is 0 Å². The third-order valence-corrected chi connectivity index (χ3v) is 4.08. The summed E-state index contributed by atoms with van der Waals surface area (Å²) in [6.45, 7) is 3.50. The quantitative estimate of drug-likeness (QED) is 0.916. The second-order valence-corrected chi connectivity index (χ2v) is 5.58. The molecule has 1 aromatic carbocycles. The van der Waals surface area contributed by atoms with E-state index in [2.05, 4.69) is 23.1 Å². The van der Waals surface area contributed by atoms with Crippen LogP contribution < -0.4 is 10.4 Å². The zero-order chi connectivity index (χ0) is 14.7. The van der Waals surface area contributed by atoms with Gasteiger partial charge in [-0.25, -0.2) is 0 Å². The first kappa shape index (κ1) is 14.0. The van der Waals surface area contributed by atoms with Crippen LogP contribution >= 0.6 is 0 Å². The monoisotopic (exact) mass is 283 g/mol. The number of aliphatic hydroxyl groups is 1. The maximum atomic E-state index is 9.54. The highest BCUT2D eigenvalue weighted by molar-refractivity contribution is 5.73. The fourth-order valence-corrected chi connectivity index (χ4v) is 2.89. The van der Waals surface area contributed by atoms with Crippen LogP contribution in [0, 0.1) is 0 Å². The van der Waals surface area contributed by atoms with Gasteiger partial charge in [-0.15, -0.1) is 0 Å². The highest BCUT2D eigenvalue weighted by Crippen LogP contribution is 2.18. The number of hydrogen-bond acceptors (Lipinski definition) is 3. The largest absolute Gasteiger partial charge is 0.481 e. The predicted octanol–water partition coefficient (Wildman–Crippen LogP) is 1.70. The number of nitrogens with zero attached hydrogens (tertiary/aromatic N) is 1. The number of methoxy groups -OCH3 is 1. The molecule has 0 atom stereocenters. The van der Waals surface area contributed by atoms with Crippen LogP contribution in [0.15, 0.2) is 48.1 Å². The fourth-order valence-electron chi connectivity index (χ4n) is 2.89. The lowest BCUT2D eigenvalue weighted by molar-refractivity contribution is 0.231. The minimum Gasteiger partial charge on any atom is -0.481 e. The number of allylic oxidation sites excluding steroid dienone is 2. The summed E-state index contributed by atoms with van der Waals surface area (Å²) in [5.74, 6) is -0.0428. The molecule has 110 valence electrons. The summed E-state index contributed by atoms with van der Waals surface area (Å²) >= 11 is 0. The van der Waals surface area contributed by atoms with Gasteiger partial charge < -0.3 is 9.84 Å². The predicted molar refractivity (Wildman–Crippen MR) is 85.0 cm³/mol. The van der Waals surface area contributed by atoms with Crippen LogP contribution in [-0.2, 0) is 4.74 Å². The van der Waals surface area contributed by atoms with Crippen molar-refractivity contribution < 1.29 is 9.84 Å². The van der Waals surface area contributed by atoms with Gasteiger partial charge in [0.25, 0.3) is 5.95 Å². The third kappa shape index (κ3) is 3.19. The second kappa shape index (κ2) is 6.19. The number of hydrogen-bond donors (Lipinski definition) is 1. The van der Waals surface area contributed by atoms with Gasteiger partial charge in [0.1, 0.15) is 0 Å². The number of benzene rings is 1. The molecule has 1 heterocycles. The van der Waals surface area contributed by atoms with Gasteiger partial charge in [0.15, 0.2) is 0 Å². The van der Waals surface area contributed by atoms with E-state index in [-0.39, 0.29) is 5.95 Å². The molecule has 3 heteroatoms. The van der Waals surface area contributed by atoms with Crippen molar-refractivity contribution >= 4 is 11.5 Å². The second-order valence-electron chi connectivity index (χ2n) is 5.58. The number of rotatable bonds is 3. The molecule has 0 bridgehead atoms. The Hall–Kier alpha value is -2.00. The minimum absolute atomic E-state index is 0.0428. The van der Waals surface area contributed by atoms with E-state index in [9.17, 15) is 5.11 Å². The standard InChI is InChI=1S/C18H21NO2/c1-21-18(20)16-8-6-15(7-9-16)17-5-4-14(12-17)13-19-10-2-3-11-19/h4-9,12,20H,2-3,10-11,13H2,1H3. The number of aliphatic hydroxyl groups excluding tert-OH is 1. The van der Waals surface area contributed by atoms with Crippen molar-refractivity contribution in [2.24, 2.45) is 0 Å². The third-order valence-electron chi connectivity index (χ3n) is 4.08. The van der Waals surface area contributed by atoms with Crippen LogP contribution in [0.1, 0.15) is 12.8 Å². The highest BCUT2D eigenvalue weighted by Gasteiger charge is 2.13. The molecule has 3 nitrogen and oxygen atoms in total. The minimum atomic E-state index is -0.0428. The van der Waals surface area contributed by atoms with Crippen LogP contribution in [0.4, 0.5) is 0 Å². The van der Waals surface area contributed by atoms with Crippen molar-refractivity contribution in [1.29, 1.82) is 0 Å². The van der Waals surface area contributed by atoms with E-state index in [1.165, 1.54) is 44.2 Å². The summed E-state index contributed by atoms with van der Waals surface area (Å²) in [6, 6.07) is 7.78. The lowest BCUT2D eigenvalue weighted by Crippen LogP contribution is -2.21. The molecule has 1 saturated heterocycles. The average Bonchev–Trinajstić information content (AvgIpc) is 3.19. The molecule has 0 radical (unpaired) electrons. The van der Waals surface area contributed by atoms with Crippen molar-refractivity contribution in [1.82, 2.24) is 4.90 Å². The Morgan fingerprint density at radius 3 is 2.52 bits per heavy atom. The van der Waals surface area contributed by atoms with E-state index in [0.29, 0.717) is 5.22 Å². The first-order valence-electron chi connectivity index (χ1n) is 7.45. The molecule has 3 rings (SSSR count). The topological polar surface area (TPSA) is 32.7 Å². The van der Waals surface area contributed by atoms with Crippen LogP contribution in [0.5, 0.6) is 0 Å². The molecule has 1 aliphatic carbocycles. The van der Waals surface area contributed by atoms with Crippen molar-refractivity contribution in [3.63, 3.8) is 0 Å². The normalized spacial score (nSPS) is 18.1. The molecule has 2 aliphatic rings. The molecular formula is C18H21NO2. The Morgan fingerprint density at radius 1 is 1.14 bits per heavy atom. The van der Waals surface area contributed by atoms with Crippen molar-refractivity contribution in [2.75, 3.05) is 26.7 Å². The van der Waals surface area contributed by atoms with Crippen molar-refractivity contribution in [2.45, 2.75) is 12.8 Å². The van der Waals surface area contributed by atoms with Crippen LogP contribution in [0.3, 0.4) is 0 Å². The van der Waals surface area contributed by atoms with Crippen LogP contribution in [-0.4, -0.2) is 36.8 Å². The Balaban J connectivity index is 1.83. The van der Waals surface area contributed by atoms with Gasteiger partial charge in [-0.2, -0.15) is 0 Å². The summed E-state index contributed by atoms with van der Waals surface area (Å²) in [5.41, 5.74) is 2.61. The van der Waals surface area contributed by atoms with Gasteiger partial charge in [0.05, 0.1) is 12.3 Å². The Morgan fingerprint density at radius 2 is 1.86 bits per heavy atom. The summed E-state index contributed by atoms with van der Waals surface area (Å²) in [4.78, 5) is 2.51. The molecule has 0 unspecified atom stereocenters. The number of ether oxygens (including phenoxy) is 1. The average molecular weight is 283 g/mol. The van der Waals surface area contributed by atoms with Crippen molar-refractivity contribution in [3.8, 4) is 0 Å². The maximum absolute atomic E-state index is 9.54. The van der Waals surface area contributed by atoms with E-state index in [4.69, 9.17) is 4.74 Å². The van der Waals surface area contributed by atoms with Gasteiger partial charge in [0.2, 0.25) is 0 Å². The molecule has 21 heavy (non-hydrogen) atoms. The molecule has 0 amide bonds. The summed E-state index contributed by atoms with van der Waals surface area (Å²) in [7, 11) is 1.46. The lowest BCUT2D eigenvalue weighted by Gasteiger charge is -2.13. The lowest BCUT2D eigenvalue weighted by atomic mass is 10.1. The van der Waals surface area contributed by atoms with Crippen LogP contribution in [0.2, 0.25) is 0 Å². The van der Waals surface area contributed by atoms with E-state index in [1.807, 2.05) is 24.3 Å². The molecule has 0 saturated carbocycles. The van der Waals surface area contributed by atoms with Gasteiger partial charge in [0, 0.05) is 6.54 Å². The van der Waals surface area contributed by atoms with Gasteiger partial charge in [-0.3, -0.25) is 4.90 Å². The SMILES string of the molecule is COC(O)=c1ccc(=C2C=CC(CN3CCCC3)=C2)cc1. The summed E-state index contributed by atoms with van der Waals surface area (Å²) < 4.78 is 4.83. The molecular weight excluding hydrogens is 262 g/mol. The first-order valence-corrected chi connectivity index (χ1v) is 7.45. The van der Waals surface area contributed by atoms with Gasteiger partial charge in [-0.1, -0.05) is 24.3 Å². The summed E-state index contributed by atoms with van der Waals surface area (Å²) in [6.07, 6.45) is 9.29. The van der Waals surface area contributed by atoms with E-state index in [1.54, 1.807) is 0 Å². The fraction of sp³-hybridized carbons (Fsp3) is 0.333. The smallest absolute Gasteiger partial charge is 0.283 e. The van der Waals surface area contributed by atoms with Crippen molar-refractivity contribution in [3.05, 3.63) is 58.5 Å². The molecule has 1 aliphatic heterocycles. The number of likely N-dealkylation sites (tertiary alicyclic amines) is 1. The summed E-state index contributed by atoms with van der Waals surface area (Å²) in [5, 5.41) is 11.4. The van der Waals surface area contributed by atoms with E-state index in [0.717, 1.165) is 11.8 Å². The molecule has 1 N–H and O–H groups in total. The Kier molecular flexibility index (Phi) is 4.11. The van der Waals surface area contributed by atoms with Crippen LogP contribution in [0.25, 0.3) is 11.5 Å². The molecule has 1 aromatic rings. The molecule has 0 aromatic heterocycles. The maximum Gasteiger partial charge on any atom is 0.283 e. The van der Waals surface area contributed by atoms with E-state index < -0.39 is 0 Å².